The summed E-state index contributed by atoms with van der Waals surface area (Å²) in [6.45, 7) is 6.19. The molecule has 4 heteroatoms. The summed E-state index contributed by atoms with van der Waals surface area (Å²) < 4.78 is 5.20. The van der Waals surface area contributed by atoms with Crippen LogP contribution >= 0.6 is 0 Å². The van der Waals surface area contributed by atoms with E-state index in [2.05, 4.69) is 18.7 Å². The molecule has 2 aliphatic heterocycles. The van der Waals surface area contributed by atoms with Crippen molar-refractivity contribution in [3.8, 4) is 11.5 Å². The summed E-state index contributed by atoms with van der Waals surface area (Å²) in [5, 5.41) is 10.1. The number of Topliss-reactive ketones (excluding diaryl/α,β-unsaturated/α-hetero) is 1. The van der Waals surface area contributed by atoms with Crippen molar-refractivity contribution in [1.29, 1.82) is 0 Å². The zero-order valence-corrected chi connectivity index (χ0v) is 13.6. The van der Waals surface area contributed by atoms with Crippen LogP contribution in [0.25, 0.3) is 0 Å². The zero-order chi connectivity index (χ0) is 15.9. The van der Waals surface area contributed by atoms with Gasteiger partial charge in [-0.05, 0) is 42.0 Å². The van der Waals surface area contributed by atoms with E-state index in [1.54, 1.807) is 13.2 Å². The van der Waals surface area contributed by atoms with Crippen LogP contribution in [0.15, 0.2) is 12.1 Å². The van der Waals surface area contributed by atoms with E-state index in [4.69, 9.17) is 4.74 Å². The molecule has 3 rings (SSSR count). The van der Waals surface area contributed by atoms with E-state index in [0.717, 1.165) is 31.5 Å². The first-order chi connectivity index (χ1) is 10.5. The molecule has 0 bridgehead atoms. The quantitative estimate of drug-likeness (QED) is 0.933. The number of nitrogens with zero attached hydrogens (tertiary/aromatic N) is 1. The summed E-state index contributed by atoms with van der Waals surface area (Å²) in [6, 6.07) is 3.84. The van der Waals surface area contributed by atoms with Gasteiger partial charge in [0, 0.05) is 31.5 Å². The fourth-order valence-corrected chi connectivity index (χ4v) is 3.91. The lowest BCUT2D eigenvalue weighted by atomic mass is 9.80. The van der Waals surface area contributed by atoms with Crippen LogP contribution in [0.3, 0.4) is 0 Å². The van der Waals surface area contributed by atoms with Crippen molar-refractivity contribution >= 4 is 5.78 Å². The van der Waals surface area contributed by atoms with Gasteiger partial charge in [-0.15, -0.1) is 0 Å². The van der Waals surface area contributed by atoms with Gasteiger partial charge in [-0.1, -0.05) is 13.8 Å². The summed E-state index contributed by atoms with van der Waals surface area (Å²) in [5.74, 6) is 1.78. The van der Waals surface area contributed by atoms with Gasteiger partial charge in [-0.2, -0.15) is 0 Å². The van der Waals surface area contributed by atoms with Gasteiger partial charge in [-0.25, -0.2) is 0 Å². The molecule has 0 radical (unpaired) electrons. The number of phenolic OH excluding ortho intramolecular Hbond substituents is 1. The van der Waals surface area contributed by atoms with Gasteiger partial charge in [0.25, 0.3) is 0 Å². The van der Waals surface area contributed by atoms with Gasteiger partial charge in [-0.3, -0.25) is 9.69 Å². The van der Waals surface area contributed by atoms with Crippen molar-refractivity contribution in [1.82, 2.24) is 4.90 Å². The predicted molar refractivity (Wildman–Crippen MR) is 85.2 cm³/mol. The van der Waals surface area contributed by atoms with Crippen molar-refractivity contribution in [2.75, 3.05) is 20.2 Å². The highest BCUT2D eigenvalue weighted by molar-refractivity contribution is 5.83. The van der Waals surface area contributed by atoms with Crippen LogP contribution in [0, 0.1) is 11.8 Å². The molecule has 2 heterocycles. The van der Waals surface area contributed by atoms with Crippen LogP contribution in [0.5, 0.6) is 11.5 Å². The minimum atomic E-state index is 0.122. The number of benzene rings is 1. The number of aromatic hydroxyl groups is 1. The Hall–Kier alpha value is -1.55. The molecule has 4 nitrogen and oxygen atoms in total. The lowest BCUT2D eigenvalue weighted by molar-refractivity contribution is -0.129. The number of carbonyl (C=O) groups excluding carboxylic acids is 1. The fraction of sp³-hybridized carbons (Fsp3) is 0.611. The predicted octanol–water partition coefficient (Wildman–Crippen LogP) is 2.94. The van der Waals surface area contributed by atoms with Gasteiger partial charge < -0.3 is 9.84 Å². The minimum Gasteiger partial charge on any atom is -0.504 e. The lowest BCUT2D eigenvalue weighted by Gasteiger charge is -2.43. The summed E-state index contributed by atoms with van der Waals surface area (Å²) in [6.07, 6.45) is 2.49. The average molecular weight is 303 g/mol. The number of methoxy groups -OCH3 is 1. The molecule has 1 saturated heterocycles. The van der Waals surface area contributed by atoms with Gasteiger partial charge in [0.15, 0.2) is 11.5 Å². The maximum Gasteiger partial charge on any atom is 0.160 e. The smallest absolute Gasteiger partial charge is 0.160 e. The summed E-state index contributed by atoms with van der Waals surface area (Å²) >= 11 is 0. The highest BCUT2D eigenvalue weighted by Gasteiger charge is 2.38. The van der Waals surface area contributed by atoms with Crippen molar-refractivity contribution in [3.63, 3.8) is 0 Å². The Labute approximate surface area is 132 Å². The zero-order valence-electron chi connectivity index (χ0n) is 13.6. The maximum atomic E-state index is 12.5. The number of hydrogen-bond donors (Lipinski definition) is 1. The number of carbonyl (C=O) groups is 1. The molecule has 1 unspecified atom stereocenters. The molecule has 1 aromatic rings. The molecule has 0 amide bonds. The monoisotopic (exact) mass is 303 g/mol. The van der Waals surface area contributed by atoms with E-state index >= 15 is 0 Å². The van der Waals surface area contributed by atoms with Crippen molar-refractivity contribution in [2.45, 2.75) is 39.2 Å². The van der Waals surface area contributed by atoms with Crippen molar-refractivity contribution < 1.29 is 14.6 Å². The maximum absolute atomic E-state index is 12.5. The van der Waals surface area contributed by atoms with Crippen LogP contribution in [-0.2, 0) is 11.2 Å². The highest BCUT2D eigenvalue weighted by atomic mass is 16.5. The van der Waals surface area contributed by atoms with E-state index in [1.165, 1.54) is 5.56 Å². The topological polar surface area (TPSA) is 49.8 Å². The van der Waals surface area contributed by atoms with Crippen molar-refractivity contribution in [3.05, 3.63) is 23.3 Å². The third kappa shape index (κ3) is 2.72. The molecular formula is C18H25NO3. The molecule has 2 aliphatic rings. The normalized spacial score (nSPS) is 25.0. The van der Waals surface area contributed by atoms with Gasteiger partial charge in [0.2, 0.25) is 0 Å². The number of ether oxygens (including phenoxy) is 1. The van der Waals surface area contributed by atoms with E-state index in [9.17, 15) is 9.90 Å². The Morgan fingerprint density at radius 1 is 1.41 bits per heavy atom. The minimum absolute atomic E-state index is 0.122. The molecule has 1 N–H and O–H groups in total. The Balaban J connectivity index is 1.87. The second-order valence-corrected chi connectivity index (χ2v) is 6.98. The van der Waals surface area contributed by atoms with Crippen LogP contribution < -0.4 is 4.74 Å². The fourth-order valence-electron chi connectivity index (χ4n) is 3.91. The number of phenols is 1. The summed E-state index contributed by atoms with van der Waals surface area (Å²) in [4.78, 5) is 14.9. The molecule has 22 heavy (non-hydrogen) atoms. The number of fused-ring (bicyclic) bond motifs is 3. The Morgan fingerprint density at radius 3 is 2.86 bits per heavy atom. The molecule has 2 atom stereocenters. The first-order valence-electron chi connectivity index (χ1n) is 8.16. The summed E-state index contributed by atoms with van der Waals surface area (Å²) in [5.41, 5.74) is 2.30. The average Bonchev–Trinajstić information content (AvgIpc) is 2.47. The molecule has 1 fully saturated rings. The lowest BCUT2D eigenvalue weighted by Crippen LogP contribution is -2.46. The first kappa shape index (κ1) is 15.3. The molecular weight excluding hydrogens is 278 g/mol. The standard InChI is InChI=1S/C18H25NO3/c1-11(2)6-13-10-19-5-4-12-7-18(22-3)17(21)8-14(12)15(19)9-16(13)20/h7-8,11,13,15,21H,4-6,9-10H2,1-3H3/t13-,15?/m0/s1. The second-order valence-electron chi connectivity index (χ2n) is 6.98. The Kier molecular flexibility index (Phi) is 4.13. The number of piperidine rings is 1. The van der Waals surface area contributed by atoms with E-state index < -0.39 is 0 Å². The first-order valence-corrected chi connectivity index (χ1v) is 8.16. The number of ketones is 1. The summed E-state index contributed by atoms with van der Waals surface area (Å²) in [7, 11) is 1.57. The van der Waals surface area contributed by atoms with Gasteiger partial charge in [0.05, 0.1) is 7.11 Å². The van der Waals surface area contributed by atoms with Crippen LogP contribution in [-0.4, -0.2) is 36.0 Å². The van der Waals surface area contributed by atoms with Crippen LogP contribution in [0.1, 0.15) is 43.9 Å². The third-order valence-corrected chi connectivity index (χ3v) is 4.97. The van der Waals surface area contributed by atoms with Gasteiger partial charge in [0.1, 0.15) is 5.78 Å². The number of hydrogen-bond acceptors (Lipinski definition) is 4. The largest absolute Gasteiger partial charge is 0.504 e. The molecule has 0 aliphatic carbocycles. The van der Waals surface area contributed by atoms with E-state index in [0.29, 0.717) is 23.9 Å². The van der Waals surface area contributed by atoms with E-state index in [1.807, 2.05) is 6.07 Å². The van der Waals surface area contributed by atoms with E-state index in [-0.39, 0.29) is 17.7 Å². The Morgan fingerprint density at radius 2 is 2.18 bits per heavy atom. The molecule has 0 saturated carbocycles. The Bertz CT molecular complexity index is 582. The van der Waals surface area contributed by atoms with Crippen LogP contribution in [0.4, 0.5) is 0 Å². The molecule has 120 valence electrons. The molecule has 0 spiro atoms. The number of rotatable bonds is 3. The second kappa shape index (κ2) is 5.92. The molecule has 1 aromatic carbocycles. The molecule has 0 aromatic heterocycles. The SMILES string of the molecule is COc1cc2c(cc1O)C1CC(=O)[C@@H](CC(C)C)CN1CC2. The van der Waals surface area contributed by atoms with Crippen LogP contribution in [0.2, 0.25) is 0 Å². The van der Waals surface area contributed by atoms with Crippen molar-refractivity contribution in [2.24, 2.45) is 11.8 Å². The third-order valence-electron chi connectivity index (χ3n) is 4.97. The highest BCUT2D eigenvalue weighted by Crippen LogP contribution is 2.42. The van der Waals surface area contributed by atoms with Gasteiger partial charge >= 0.3 is 0 Å².